The lowest BCUT2D eigenvalue weighted by Crippen LogP contribution is -1.95. The number of aromatic nitrogens is 4. The second-order valence-electron chi connectivity index (χ2n) is 14.6. The van der Waals surface area contributed by atoms with E-state index in [9.17, 15) is 0 Å². The fraction of sp³-hybridized carbons (Fsp3) is 0. The highest BCUT2D eigenvalue weighted by Gasteiger charge is 2.16. The van der Waals surface area contributed by atoms with Gasteiger partial charge in [-0.2, -0.15) is 0 Å². The van der Waals surface area contributed by atoms with Crippen LogP contribution in [0.3, 0.4) is 0 Å². The van der Waals surface area contributed by atoms with Crippen LogP contribution in [0, 0.1) is 0 Å². The first-order valence-electron chi connectivity index (χ1n) is 19.7. The van der Waals surface area contributed by atoms with Crippen molar-refractivity contribution in [3.05, 3.63) is 218 Å². The van der Waals surface area contributed by atoms with Gasteiger partial charge in [-0.15, -0.1) is 0 Å². The minimum Gasteiger partial charge on any atom is -0.309 e. The lowest BCUT2D eigenvalue weighted by molar-refractivity contribution is 1.18. The molecule has 0 bridgehead atoms. The average Bonchev–Trinajstić information content (AvgIpc) is 3.80. The van der Waals surface area contributed by atoms with E-state index in [0.29, 0.717) is 5.82 Å². The fourth-order valence-corrected chi connectivity index (χ4v) is 8.49. The molecule has 0 N–H and O–H groups in total. The minimum atomic E-state index is 0.704. The lowest BCUT2D eigenvalue weighted by Gasteiger charge is -2.10. The molecule has 3 aromatic heterocycles. The molecule has 0 saturated carbocycles. The molecular formula is C54H36N4. The summed E-state index contributed by atoms with van der Waals surface area (Å²) in [7, 11) is 0. The summed E-state index contributed by atoms with van der Waals surface area (Å²) in [6.07, 6.45) is 0. The fourth-order valence-electron chi connectivity index (χ4n) is 8.49. The van der Waals surface area contributed by atoms with Crippen molar-refractivity contribution in [2.24, 2.45) is 0 Å². The van der Waals surface area contributed by atoms with Gasteiger partial charge < -0.3 is 9.13 Å². The van der Waals surface area contributed by atoms with Gasteiger partial charge in [0, 0.05) is 49.4 Å². The van der Waals surface area contributed by atoms with E-state index in [2.05, 4.69) is 203 Å². The van der Waals surface area contributed by atoms with Gasteiger partial charge in [0.25, 0.3) is 0 Å². The predicted molar refractivity (Wildman–Crippen MR) is 242 cm³/mol. The van der Waals surface area contributed by atoms with E-state index >= 15 is 0 Å². The second kappa shape index (κ2) is 14.0. The van der Waals surface area contributed by atoms with Crippen LogP contribution in [0.25, 0.3) is 99.7 Å². The first-order chi connectivity index (χ1) is 28.8. The SMILES string of the molecule is c1ccc(-c2nc(-c3ccccc3)c3cccc(-n4c5ccccc5c5ccc(-c6ccc7c8ccccc8n(-c8ccccc8)c7c6)cc54)ccccc3n2)cc1. The molecule has 0 aliphatic heterocycles. The molecule has 3 heterocycles. The third-order valence-electron chi connectivity index (χ3n) is 11.2. The molecule has 8 aromatic carbocycles. The van der Waals surface area contributed by atoms with E-state index in [4.69, 9.17) is 9.97 Å². The van der Waals surface area contributed by atoms with Crippen LogP contribution in [-0.4, -0.2) is 19.1 Å². The van der Waals surface area contributed by atoms with E-state index in [1.807, 2.05) is 24.3 Å². The van der Waals surface area contributed by atoms with Crippen LogP contribution in [0.5, 0.6) is 0 Å². The highest BCUT2D eigenvalue weighted by atomic mass is 15.0. The predicted octanol–water partition coefficient (Wildman–Crippen LogP) is 13.9. The molecule has 0 unspecified atom stereocenters. The standard InChI is InChI=1S/C54H36N4/c1-4-17-37(18-5-1)53-47-27-16-24-42(23-10-13-28-48(47)55-54(56-53)38-19-6-2-7-20-38)58-50-30-15-12-26-44(50)46-34-32-40(36-52(46)58)39-31-33-45-43-25-11-14-29-49(43)57(51(45)35-39)41-21-8-3-9-22-41/h1-36H. The van der Waals surface area contributed by atoms with Gasteiger partial charge in [-0.3, -0.25) is 0 Å². The van der Waals surface area contributed by atoms with Crippen LogP contribution in [-0.2, 0) is 0 Å². The quantitative estimate of drug-likeness (QED) is 0.176. The summed E-state index contributed by atoms with van der Waals surface area (Å²) in [4.78, 5) is 10.2. The number of hydrogen-bond acceptors (Lipinski definition) is 2. The van der Waals surface area contributed by atoms with Crippen molar-refractivity contribution in [3.8, 4) is 45.1 Å². The maximum atomic E-state index is 5.15. The molecular weight excluding hydrogens is 705 g/mol. The monoisotopic (exact) mass is 740 g/mol. The average molecular weight is 741 g/mol. The van der Waals surface area contributed by atoms with Crippen molar-refractivity contribution in [2.75, 3.05) is 0 Å². The highest BCUT2D eigenvalue weighted by Crippen LogP contribution is 2.38. The number of rotatable bonds is 5. The minimum absolute atomic E-state index is 0.704. The van der Waals surface area contributed by atoms with Crippen LogP contribution in [0.15, 0.2) is 218 Å². The van der Waals surface area contributed by atoms with Crippen LogP contribution in [0.4, 0.5) is 0 Å². The number of nitrogens with zero attached hydrogens (tertiary/aromatic N) is 4. The molecule has 0 amide bonds. The zero-order valence-corrected chi connectivity index (χ0v) is 31.6. The van der Waals surface area contributed by atoms with E-state index in [0.717, 1.165) is 55.7 Å². The van der Waals surface area contributed by atoms with Gasteiger partial charge in [-0.1, -0.05) is 164 Å². The van der Waals surface area contributed by atoms with E-state index < -0.39 is 0 Å². The molecule has 0 radical (unpaired) electrons. The van der Waals surface area contributed by atoms with Crippen LogP contribution >= 0.6 is 0 Å². The first-order valence-corrected chi connectivity index (χ1v) is 19.7. The topological polar surface area (TPSA) is 35.6 Å². The summed E-state index contributed by atoms with van der Waals surface area (Å²) in [5.41, 5.74) is 13.0. The Labute approximate surface area is 335 Å². The number of para-hydroxylation sites is 3. The van der Waals surface area contributed by atoms with Gasteiger partial charge in [0.15, 0.2) is 5.82 Å². The van der Waals surface area contributed by atoms with Crippen LogP contribution in [0.2, 0.25) is 0 Å². The van der Waals surface area contributed by atoms with Crippen molar-refractivity contribution in [3.63, 3.8) is 0 Å². The van der Waals surface area contributed by atoms with Crippen molar-refractivity contribution < 1.29 is 0 Å². The summed E-state index contributed by atoms with van der Waals surface area (Å²) in [5, 5.41) is 5.90. The van der Waals surface area contributed by atoms with Gasteiger partial charge in [0.05, 0.1) is 33.3 Å². The van der Waals surface area contributed by atoms with Gasteiger partial charge >= 0.3 is 0 Å². The molecule has 0 aliphatic rings. The molecule has 0 saturated heterocycles. The van der Waals surface area contributed by atoms with Crippen molar-refractivity contribution in [2.45, 2.75) is 0 Å². The second-order valence-corrected chi connectivity index (χ2v) is 14.6. The summed E-state index contributed by atoms with van der Waals surface area (Å²) < 4.78 is 4.77. The number of benzene rings is 7. The summed E-state index contributed by atoms with van der Waals surface area (Å²) in [6, 6.07) is 77.4. The summed E-state index contributed by atoms with van der Waals surface area (Å²) in [6.45, 7) is 0. The first kappa shape index (κ1) is 33.5. The molecule has 0 aliphatic carbocycles. The third-order valence-corrected chi connectivity index (χ3v) is 11.2. The van der Waals surface area contributed by atoms with Gasteiger partial charge in [0.1, 0.15) is 0 Å². The Kier molecular flexibility index (Phi) is 8.11. The zero-order chi connectivity index (χ0) is 38.4. The van der Waals surface area contributed by atoms with Crippen molar-refractivity contribution in [1.29, 1.82) is 0 Å². The van der Waals surface area contributed by atoms with Gasteiger partial charge in [0.2, 0.25) is 0 Å². The Morgan fingerprint density at radius 1 is 0.276 bits per heavy atom. The van der Waals surface area contributed by atoms with E-state index in [1.165, 1.54) is 38.1 Å². The zero-order valence-electron chi connectivity index (χ0n) is 31.6. The summed E-state index contributed by atoms with van der Waals surface area (Å²) in [5.74, 6) is 0.704. The molecule has 0 atom stereocenters. The number of fused-ring (bicyclic) bond motifs is 7. The molecule has 0 spiro atoms. The Morgan fingerprint density at radius 2 is 0.707 bits per heavy atom. The largest absolute Gasteiger partial charge is 0.309 e. The van der Waals surface area contributed by atoms with Crippen molar-refractivity contribution >= 4 is 54.5 Å². The number of hydrogen-bond donors (Lipinski definition) is 0. The molecule has 4 nitrogen and oxygen atoms in total. The van der Waals surface area contributed by atoms with Gasteiger partial charge in [-0.25, -0.2) is 9.97 Å². The van der Waals surface area contributed by atoms with E-state index in [1.54, 1.807) is 0 Å². The maximum absolute atomic E-state index is 5.15. The molecule has 58 heavy (non-hydrogen) atoms. The van der Waals surface area contributed by atoms with Crippen LogP contribution in [0.1, 0.15) is 0 Å². The molecule has 11 aromatic rings. The lowest BCUT2D eigenvalue weighted by atomic mass is 10.0. The molecule has 4 heteroatoms. The Hall–Kier alpha value is -7.82. The Bertz CT molecular complexity index is 3380. The smallest absolute Gasteiger partial charge is 0.160 e. The van der Waals surface area contributed by atoms with Gasteiger partial charge in [-0.05, 0) is 65.7 Å². The summed E-state index contributed by atoms with van der Waals surface area (Å²) >= 11 is 0. The Balaban J connectivity index is 1.10. The molecule has 0 fully saturated rings. The Morgan fingerprint density at radius 3 is 1.29 bits per heavy atom. The van der Waals surface area contributed by atoms with Crippen molar-refractivity contribution in [1.82, 2.24) is 19.1 Å². The van der Waals surface area contributed by atoms with E-state index in [-0.39, 0.29) is 0 Å². The highest BCUT2D eigenvalue weighted by molar-refractivity contribution is 6.12. The third kappa shape index (κ3) is 5.70. The molecule has 11 rings (SSSR count). The van der Waals surface area contributed by atoms with Crippen LogP contribution < -0.4 is 0 Å². The maximum Gasteiger partial charge on any atom is 0.160 e. The normalized spacial score (nSPS) is 11.4. The molecule has 272 valence electrons.